The van der Waals surface area contributed by atoms with E-state index in [9.17, 15) is 9.59 Å². The van der Waals surface area contributed by atoms with Crippen molar-refractivity contribution in [1.29, 1.82) is 0 Å². The maximum atomic E-state index is 12.8. The number of benzene rings is 2. The van der Waals surface area contributed by atoms with Crippen LogP contribution in [-0.4, -0.2) is 36.5 Å². The van der Waals surface area contributed by atoms with Crippen LogP contribution in [0.2, 0.25) is 0 Å². The first-order valence-electron chi connectivity index (χ1n) is 8.43. The van der Waals surface area contributed by atoms with E-state index in [0.717, 1.165) is 11.0 Å². The molecule has 7 nitrogen and oxygen atoms in total. The predicted octanol–water partition coefficient (Wildman–Crippen LogP) is 3.53. The molecule has 0 aliphatic carbocycles. The summed E-state index contributed by atoms with van der Waals surface area (Å²) in [5, 5.41) is 10.3. The molecule has 0 saturated heterocycles. The number of anilines is 1. The molecular weight excluding hydrogens is 362 g/mol. The number of aromatic nitrogens is 4. The first-order valence-corrected chi connectivity index (χ1v) is 9.31. The van der Waals surface area contributed by atoms with Gasteiger partial charge in [-0.1, -0.05) is 23.9 Å². The number of rotatable bonds is 5. The van der Waals surface area contributed by atoms with Crippen molar-refractivity contribution in [1.82, 2.24) is 19.6 Å². The topological polar surface area (TPSA) is 92.1 Å². The molecule has 1 unspecified atom stereocenters. The highest BCUT2D eigenvalue weighted by Crippen LogP contribution is 2.27. The quantitative estimate of drug-likeness (QED) is 0.409. The van der Waals surface area contributed by atoms with Crippen LogP contribution in [0.1, 0.15) is 24.2 Å². The van der Waals surface area contributed by atoms with Gasteiger partial charge in [-0.25, -0.2) is 10.1 Å². The molecule has 1 amide bonds. The highest BCUT2D eigenvalue weighted by atomic mass is 32.2. The monoisotopic (exact) mass is 379 g/mol. The Morgan fingerprint density at radius 3 is 2.63 bits per heavy atom. The molecule has 2 aromatic carbocycles. The van der Waals surface area contributed by atoms with E-state index in [0.29, 0.717) is 22.2 Å². The van der Waals surface area contributed by atoms with Gasteiger partial charge >= 0.3 is 0 Å². The lowest BCUT2D eigenvalue weighted by molar-refractivity contribution is -0.114. The molecule has 4 rings (SSSR count). The van der Waals surface area contributed by atoms with Crippen LogP contribution in [0.3, 0.4) is 0 Å². The van der Waals surface area contributed by atoms with Crippen molar-refractivity contribution < 1.29 is 9.59 Å². The molecule has 2 N–H and O–H groups in total. The molecule has 0 bridgehead atoms. The summed E-state index contributed by atoms with van der Waals surface area (Å²) < 4.78 is 1.92. The molecule has 0 aliphatic heterocycles. The number of carbonyl (C=O) groups is 2. The fourth-order valence-electron chi connectivity index (χ4n) is 2.89. The maximum Gasteiger partial charge on any atom is 0.231 e. The Bertz CT molecular complexity index is 1150. The van der Waals surface area contributed by atoms with Gasteiger partial charge in [0.15, 0.2) is 10.9 Å². The molecular formula is C19H17N5O2S. The highest BCUT2D eigenvalue weighted by molar-refractivity contribution is 8.00. The lowest BCUT2D eigenvalue weighted by Gasteiger charge is -2.10. The lowest BCUT2D eigenvalue weighted by Crippen LogP contribution is -2.14. The summed E-state index contributed by atoms with van der Waals surface area (Å²) in [5.74, 6) is 0.501. The van der Waals surface area contributed by atoms with Crippen LogP contribution in [0.15, 0.2) is 53.7 Å². The van der Waals surface area contributed by atoms with Gasteiger partial charge in [-0.3, -0.25) is 14.0 Å². The van der Waals surface area contributed by atoms with E-state index in [4.69, 9.17) is 0 Å². The van der Waals surface area contributed by atoms with Gasteiger partial charge in [0.2, 0.25) is 11.7 Å². The van der Waals surface area contributed by atoms with Crippen LogP contribution in [0, 0.1) is 0 Å². The number of amides is 1. The molecule has 0 spiro atoms. The van der Waals surface area contributed by atoms with E-state index < -0.39 is 0 Å². The summed E-state index contributed by atoms with van der Waals surface area (Å²) in [4.78, 5) is 28.4. The number of imidazole rings is 1. The minimum atomic E-state index is -0.329. The zero-order valence-corrected chi connectivity index (χ0v) is 15.6. The Morgan fingerprint density at radius 2 is 1.89 bits per heavy atom. The van der Waals surface area contributed by atoms with Gasteiger partial charge in [0.25, 0.3) is 0 Å². The molecule has 27 heavy (non-hydrogen) atoms. The number of nitrogens with one attached hydrogen (secondary N) is 2. The average Bonchev–Trinajstić information content (AvgIpc) is 3.21. The average molecular weight is 379 g/mol. The summed E-state index contributed by atoms with van der Waals surface area (Å²) in [7, 11) is 0. The van der Waals surface area contributed by atoms with Crippen LogP contribution in [0.25, 0.3) is 16.8 Å². The van der Waals surface area contributed by atoms with Crippen molar-refractivity contribution in [2.75, 3.05) is 5.32 Å². The fraction of sp³-hybridized carbons (Fsp3) is 0.158. The van der Waals surface area contributed by atoms with E-state index in [1.165, 1.54) is 18.7 Å². The summed E-state index contributed by atoms with van der Waals surface area (Å²) in [6.07, 6.45) is 0. The summed E-state index contributed by atoms with van der Waals surface area (Å²) in [6, 6.07) is 14.7. The van der Waals surface area contributed by atoms with Gasteiger partial charge in [0.1, 0.15) is 0 Å². The number of para-hydroxylation sites is 2. The second kappa shape index (κ2) is 6.88. The zero-order chi connectivity index (χ0) is 19.0. The van der Waals surface area contributed by atoms with Gasteiger partial charge in [-0.15, -0.1) is 5.10 Å². The van der Waals surface area contributed by atoms with Crippen LogP contribution in [-0.2, 0) is 4.79 Å². The van der Waals surface area contributed by atoms with Gasteiger partial charge < -0.3 is 5.32 Å². The van der Waals surface area contributed by atoms with Crippen molar-refractivity contribution in [2.45, 2.75) is 24.3 Å². The van der Waals surface area contributed by atoms with Crippen LogP contribution >= 0.6 is 11.8 Å². The Labute approximate surface area is 159 Å². The SMILES string of the molecule is CC(=O)Nc1ccc(C(=O)C(C)Sc2n[nH]c3nc4ccccc4n23)cc1. The number of ketones is 1. The van der Waals surface area contributed by atoms with Crippen molar-refractivity contribution in [2.24, 2.45) is 0 Å². The van der Waals surface area contributed by atoms with Crippen molar-refractivity contribution in [3.8, 4) is 0 Å². The number of thioether (sulfide) groups is 1. The van der Waals surface area contributed by atoms with Crippen molar-refractivity contribution in [3.05, 3.63) is 54.1 Å². The van der Waals surface area contributed by atoms with E-state index >= 15 is 0 Å². The van der Waals surface area contributed by atoms with Crippen LogP contribution < -0.4 is 5.32 Å². The molecule has 0 saturated carbocycles. The minimum absolute atomic E-state index is 0.00468. The number of Topliss-reactive ketones (excluding diaryl/α,β-unsaturated/α-hetero) is 1. The molecule has 1 atom stereocenters. The predicted molar refractivity (Wildman–Crippen MR) is 105 cm³/mol. The Kier molecular flexibility index (Phi) is 4.41. The minimum Gasteiger partial charge on any atom is -0.326 e. The fourth-order valence-corrected chi connectivity index (χ4v) is 3.84. The number of nitrogens with zero attached hydrogens (tertiary/aromatic N) is 3. The molecule has 136 valence electrons. The van der Waals surface area contributed by atoms with E-state index in [1.807, 2.05) is 35.6 Å². The van der Waals surface area contributed by atoms with Gasteiger partial charge in [-0.05, 0) is 43.3 Å². The summed E-state index contributed by atoms with van der Waals surface area (Å²) in [5.41, 5.74) is 3.08. The smallest absolute Gasteiger partial charge is 0.231 e. The van der Waals surface area contributed by atoms with Gasteiger partial charge in [0.05, 0.1) is 16.3 Å². The standard InChI is InChI=1S/C19H17N5O2S/c1-11(17(26)13-7-9-14(10-8-13)20-12(2)25)27-19-23-22-18-21-15-5-3-4-6-16(15)24(18)19/h3-11H,1-2H3,(H,20,25)(H,21,22). The largest absolute Gasteiger partial charge is 0.326 e. The van der Waals surface area contributed by atoms with Crippen molar-refractivity contribution in [3.63, 3.8) is 0 Å². The number of carbonyl (C=O) groups excluding carboxylic acids is 2. The Hall–Kier alpha value is -3.13. The molecule has 2 aromatic heterocycles. The maximum absolute atomic E-state index is 12.8. The van der Waals surface area contributed by atoms with Gasteiger partial charge in [-0.2, -0.15) is 0 Å². The van der Waals surface area contributed by atoms with E-state index in [1.54, 1.807) is 24.3 Å². The summed E-state index contributed by atoms with van der Waals surface area (Å²) in [6.45, 7) is 3.30. The second-order valence-electron chi connectivity index (χ2n) is 6.15. The molecule has 8 heteroatoms. The molecule has 0 radical (unpaired) electrons. The normalized spacial score (nSPS) is 12.4. The number of aromatic amines is 1. The molecule has 0 aliphatic rings. The van der Waals surface area contributed by atoms with Crippen LogP contribution in [0.4, 0.5) is 5.69 Å². The Morgan fingerprint density at radius 1 is 1.15 bits per heavy atom. The molecule has 0 fully saturated rings. The number of hydrogen-bond donors (Lipinski definition) is 2. The third-order valence-electron chi connectivity index (χ3n) is 4.14. The first kappa shape index (κ1) is 17.3. The third kappa shape index (κ3) is 3.31. The zero-order valence-electron chi connectivity index (χ0n) is 14.8. The summed E-state index contributed by atoms with van der Waals surface area (Å²) >= 11 is 1.38. The number of fused-ring (bicyclic) bond motifs is 3. The second-order valence-corrected chi connectivity index (χ2v) is 7.46. The first-order chi connectivity index (χ1) is 13.0. The van der Waals surface area contributed by atoms with Crippen LogP contribution in [0.5, 0.6) is 0 Å². The third-order valence-corrected chi connectivity index (χ3v) is 5.20. The number of H-pyrrole nitrogens is 1. The van der Waals surface area contributed by atoms with Gasteiger partial charge in [0, 0.05) is 18.2 Å². The number of hydrogen-bond acceptors (Lipinski definition) is 5. The lowest BCUT2D eigenvalue weighted by atomic mass is 10.1. The Balaban J connectivity index is 1.56. The van der Waals surface area contributed by atoms with E-state index in [-0.39, 0.29) is 16.9 Å². The molecule has 4 aromatic rings. The molecule has 2 heterocycles. The highest BCUT2D eigenvalue weighted by Gasteiger charge is 2.20. The van der Waals surface area contributed by atoms with Crippen molar-refractivity contribution >= 4 is 46.0 Å². The van der Waals surface area contributed by atoms with E-state index in [2.05, 4.69) is 20.5 Å².